The fourth-order valence-electron chi connectivity index (χ4n) is 3.04. The monoisotopic (exact) mass is 404 g/mol. The Morgan fingerprint density at radius 2 is 1.83 bits per heavy atom. The van der Waals surface area contributed by atoms with Gasteiger partial charge in [-0.3, -0.25) is 19.1 Å². The summed E-state index contributed by atoms with van der Waals surface area (Å²) in [6, 6.07) is 4.76. The number of anilines is 2. The summed E-state index contributed by atoms with van der Waals surface area (Å²) in [6.45, 7) is 4.48. The van der Waals surface area contributed by atoms with E-state index in [0.29, 0.717) is 36.4 Å². The van der Waals surface area contributed by atoms with Crippen LogP contribution in [0.3, 0.4) is 0 Å². The van der Waals surface area contributed by atoms with Crippen LogP contribution in [-0.4, -0.2) is 36.2 Å². The van der Waals surface area contributed by atoms with E-state index in [2.05, 4.69) is 4.98 Å². The molecular formula is C20H28N4O5. The Bertz CT molecular complexity index is 980. The highest BCUT2D eigenvalue weighted by Crippen LogP contribution is 2.29. The van der Waals surface area contributed by atoms with Gasteiger partial charge in [-0.15, -0.1) is 0 Å². The molecular weight excluding hydrogens is 376 g/mol. The van der Waals surface area contributed by atoms with E-state index in [9.17, 15) is 14.4 Å². The Labute approximate surface area is 169 Å². The number of rotatable bonds is 9. The van der Waals surface area contributed by atoms with Gasteiger partial charge in [0.15, 0.2) is 17.2 Å². The minimum atomic E-state index is -0.690. The molecule has 2 rings (SSSR count). The number of hydrogen-bond acceptors (Lipinski definition) is 6. The van der Waals surface area contributed by atoms with E-state index in [0.717, 1.165) is 6.42 Å². The van der Waals surface area contributed by atoms with Gasteiger partial charge in [-0.1, -0.05) is 20.3 Å². The number of nitrogens with one attached hydrogen (secondary N) is 1. The third kappa shape index (κ3) is 4.61. The predicted molar refractivity (Wildman–Crippen MR) is 112 cm³/mol. The van der Waals surface area contributed by atoms with E-state index >= 15 is 0 Å². The normalized spacial score (nSPS) is 10.6. The molecule has 3 N–H and O–H groups in total. The third-order valence-electron chi connectivity index (χ3n) is 4.54. The van der Waals surface area contributed by atoms with E-state index in [4.69, 9.17) is 15.2 Å². The van der Waals surface area contributed by atoms with Crippen LogP contribution in [0.4, 0.5) is 11.5 Å². The van der Waals surface area contributed by atoms with Crippen LogP contribution in [0.1, 0.15) is 43.5 Å². The largest absolute Gasteiger partial charge is 0.493 e. The lowest BCUT2D eigenvalue weighted by Crippen LogP contribution is -2.41. The number of H-pyrrole nitrogens is 1. The maximum absolute atomic E-state index is 13.3. The molecule has 9 nitrogen and oxygen atoms in total. The third-order valence-corrected chi connectivity index (χ3v) is 4.54. The summed E-state index contributed by atoms with van der Waals surface area (Å²) >= 11 is 0. The Morgan fingerprint density at radius 1 is 1.14 bits per heavy atom. The van der Waals surface area contributed by atoms with E-state index in [1.54, 1.807) is 18.2 Å². The van der Waals surface area contributed by atoms with Crippen LogP contribution < -0.4 is 31.4 Å². The summed E-state index contributed by atoms with van der Waals surface area (Å²) < 4.78 is 11.8. The smallest absolute Gasteiger partial charge is 0.330 e. The minimum absolute atomic E-state index is 0.0220. The quantitative estimate of drug-likeness (QED) is 0.660. The molecule has 0 aliphatic carbocycles. The van der Waals surface area contributed by atoms with Crippen molar-refractivity contribution in [3.8, 4) is 11.5 Å². The average Bonchev–Trinajstić information content (AvgIpc) is 2.72. The summed E-state index contributed by atoms with van der Waals surface area (Å²) in [5.41, 5.74) is 5.17. The molecule has 2 aromatic rings. The van der Waals surface area contributed by atoms with Gasteiger partial charge in [-0.2, -0.15) is 0 Å². The average molecular weight is 404 g/mol. The summed E-state index contributed by atoms with van der Waals surface area (Å²) in [6.07, 6.45) is 2.11. The first-order chi connectivity index (χ1) is 13.9. The number of carbonyl (C=O) groups excluding carboxylic acids is 1. The molecule has 158 valence electrons. The van der Waals surface area contributed by atoms with Crippen LogP contribution in [0.15, 0.2) is 27.8 Å². The topological polar surface area (TPSA) is 120 Å². The van der Waals surface area contributed by atoms with Crippen molar-refractivity contribution in [3.05, 3.63) is 44.6 Å². The van der Waals surface area contributed by atoms with Crippen molar-refractivity contribution < 1.29 is 14.3 Å². The summed E-state index contributed by atoms with van der Waals surface area (Å²) in [4.78, 5) is 41.6. The predicted octanol–water partition coefficient (Wildman–Crippen LogP) is 1.99. The van der Waals surface area contributed by atoms with Crippen LogP contribution in [0.25, 0.3) is 0 Å². The first kappa shape index (κ1) is 22.1. The van der Waals surface area contributed by atoms with Crippen LogP contribution in [-0.2, 0) is 6.54 Å². The standard InChI is InChI=1S/C20H28N4O5/c1-5-7-11-23(16-17(21)24(10-6-2)20(27)22-18(16)25)19(26)13-8-9-14(28-3)15(12-13)29-4/h8-9,12H,5-7,10-11,21H2,1-4H3,(H,22,25,27). The van der Waals surface area contributed by atoms with Crippen molar-refractivity contribution in [2.24, 2.45) is 0 Å². The molecule has 0 radical (unpaired) electrons. The van der Waals surface area contributed by atoms with E-state index in [1.165, 1.54) is 23.7 Å². The highest BCUT2D eigenvalue weighted by Gasteiger charge is 2.25. The number of aromatic nitrogens is 2. The van der Waals surface area contributed by atoms with Gasteiger partial charge in [0, 0.05) is 18.7 Å². The van der Waals surface area contributed by atoms with Crippen molar-refractivity contribution in [1.29, 1.82) is 0 Å². The Balaban J connectivity index is 2.61. The highest BCUT2D eigenvalue weighted by atomic mass is 16.5. The maximum Gasteiger partial charge on any atom is 0.330 e. The van der Waals surface area contributed by atoms with Crippen molar-refractivity contribution >= 4 is 17.4 Å². The number of methoxy groups -OCH3 is 2. The number of hydrogen-bond donors (Lipinski definition) is 2. The molecule has 1 heterocycles. The number of nitrogens with two attached hydrogens (primary N) is 1. The van der Waals surface area contributed by atoms with Crippen LogP contribution >= 0.6 is 0 Å². The molecule has 9 heteroatoms. The zero-order chi connectivity index (χ0) is 21.6. The van der Waals surface area contributed by atoms with Gasteiger partial charge < -0.3 is 20.1 Å². The molecule has 1 aromatic heterocycles. The van der Waals surface area contributed by atoms with Gasteiger partial charge in [0.2, 0.25) is 0 Å². The molecule has 0 aliphatic rings. The second-order valence-corrected chi connectivity index (χ2v) is 6.52. The van der Waals surface area contributed by atoms with Gasteiger partial charge in [0.05, 0.1) is 14.2 Å². The molecule has 0 fully saturated rings. The summed E-state index contributed by atoms with van der Waals surface area (Å²) in [5.74, 6) is 0.438. The molecule has 0 atom stereocenters. The summed E-state index contributed by atoms with van der Waals surface area (Å²) in [7, 11) is 2.98. The molecule has 0 bridgehead atoms. The second-order valence-electron chi connectivity index (χ2n) is 6.52. The molecule has 0 spiro atoms. The second kappa shape index (κ2) is 9.81. The minimum Gasteiger partial charge on any atom is -0.493 e. The van der Waals surface area contributed by atoms with Crippen LogP contribution in [0.5, 0.6) is 11.5 Å². The van der Waals surface area contributed by atoms with Crippen molar-refractivity contribution in [1.82, 2.24) is 9.55 Å². The SMILES string of the molecule is CCCCN(C(=O)c1ccc(OC)c(OC)c1)c1c(N)n(CCC)c(=O)[nH]c1=O. The molecule has 0 aliphatic heterocycles. The molecule has 1 amide bonds. The molecule has 29 heavy (non-hydrogen) atoms. The van der Waals surface area contributed by atoms with Gasteiger partial charge in [0.25, 0.3) is 11.5 Å². The zero-order valence-electron chi connectivity index (χ0n) is 17.3. The highest BCUT2D eigenvalue weighted by molar-refractivity contribution is 6.07. The molecule has 1 aromatic carbocycles. The van der Waals surface area contributed by atoms with Crippen molar-refractivity contribution in [3.63, 3.8) is 0 Å². The maximum atomic E-state index is 13.3. The van der Waals surface area contributed by atoms with Gasteiger partial charge in [-0.25, -0.2) is 4.79 Å². The number of nitrogens with zero attached hydrogens (tertiary/aromatic N) is 2. The van der Waals surface area contributed by atoms with E-state index in [-0.39, 0.29) is 18.1 Å². The fourth-order valence-corrected chi connectivity index (χ4v) is 3.04. The number of nitrogen functional groups attached to an aromatic ring is 1. The number of aromatic amines is 1. The lowest BCUT2D eigenvalue weighted by molar-refractivity contribution is 0.0986. The number of benzene rings is 1. The molecule has 0 unspecified atom stereocenters. The van der Waals surface area contributed by atoms with Gasteiger partial charge in [0.1, 0.15) is 5.82 Å². The van der Waals surface area contributed by atoms with E-state index in [1.807, 2.05) is 13.8 Å². The molecule has 0 saturated carbocycles. The van der Waals surface area contributed by atoms with Gasteiger partial charge in [-0.05, 0) is 31.0 Å². The zero-order valence-corrected chi connectivity index (χ0v) is 17.3. The first-order valence-corrected chi connectivity index (χ1v) is 9.55. The lowest BCUT2D eigenvalue weighted by atomic mass is 10.1. The summed E-state index contributed by atoms with van der Waals surface area (Å²) in [5, 5.41) is 0. The van der Waals surface area contributed by atoms with Crippen molar-refractivity contribution in [2.45, 2.75) is 39.7 Å². The first-order valence-electron chi connectivity index (χ1n) is 9.55. The number of ether oxygens (including phenoxy) is 2. The number of unbranched alkanes of at least 4 members (excludes halogenated alkanes) is 1. The molecule has 0 saturated heterocycles. The Morgan fingerprint density at radius 3 is 2.41 bits per heavy atom. The Hall–Kier alpha value is -3.23. The lowest BCUT2D eigenvalue weighted by Gasteiger charge is -2.24. The Kier molecular flexibility index (Phi) is 7.46. The van der Waals surface area contributed by atoms with Gasteiger partial charge >= 0.3 is 5.69 Å². The number of carbonyl (C=O) groups is 1. The van der Waals surface area contributed by atoms with Crippen molar-refractivity contribution in [2.75, 3.05) is 31.4 Å². The number of amides is 1. The fraction of sp³-hybridized carbons (Fsp3) is 0.450. The van der Waals surface area contributed by atoms with E-state index < -0.39 is 17.2 Å². The van der Waals surface area contributed by atoms with Crippen LogP contribution in [0.2, 0.25) is 0 Å². The van der Waals surface area contributed by atoms with Crippen LogP contribution in [0, 0.1) is 0 Å².